The van der Waals surface area contributed by atoms with Crippen molar-refractivity contribution in [3.8, 4) is 0 Å². The van der Waals surface area contributed by atoms with Crippen molar-refractivity contribution in [1.82, 2.24) is 4.90 Å². The number of nitrogens with zero attached hydrogens (tertiary/aromatic N) is 1. The van der Waals surface area contributed by atoms with E-state index in [2.05, 4.69) is 61.0 Å². The van der Waals surface area contributed by atoms with Crippen LogP contribution in [0.5, 0.6) is 0 Å². The van der Waals surface area contributed by atoms with Gasteiger partial charge in [-0.25, -0.2) is 0 Å². The van der Waals surface area contributed by atoms with Gasteiger partial charge in [-0.05, 0) is 24.8 Å². The average Bonchev–Trinajstić information content (AvgIpc) is 2.93. The van der Waals surface area contributed by atoms with Crippen molar-refractivity contribution in [1.29, 1.82) is 0 Å². The summed E-state index contributed by atoms with van der Waals surface area (Å²) in [5.41, 5.74) is 7.46. The van der Waals surface area contributed by atoms with Crippen LogP contribution in [0.4, 0.5) is 0 Å². The Bertz CT molecular complexity index is 362. The van der Waals surface area contributed by atoms with Crippen LogP contribution in [0, 0.1) is 0 Å². The minimum Gasteiger partial charge on any atom is -0.330 e. The molecule has 3 heteroatoms. The molecule has 0 saturated carbocycles. The molecule has 1 aliphatic heterocycles. The summed E-state index contributed by atoms with van der Waals surface area (Å²) in [6, 6.07) is 11.4. The van der Waals surface area contributed by atoms with E-state index in [-0.39, 0.29) is 5.41 Å². The summed E-state index contributed by atoms with van der Waals surface area (Å²) in [7, 11) is 2.24. The third kappa shape index (κ3) is 3.08. The molecule has 0 radical (unpaired) electrons. The first kappa shape index (κ1) is 13.9. The minimum atomic E-state index is 0.0588. The Morgan fingerprint density at radius 2 is 2.11 bits per heavy atom. The fourth-order valence-electron chi connectivity index (χ4n) is 2.66. The highest BCUT2D eigenvalue weighted by Gasteiger charge is 2.30. The van der Waals surface area contributed by atoms with Gasteiger partial charge in [0.25, 0.3) is 0 Å². The second kappa shape index (κ2) is 6.09. The lowest BCUT2D eigenvalue weighted by molar-refractivity contribution is 0.209. The molecule has 100 valence electrons. The van der Waals surface area contributed by atoms with Crippen molar-refractivity contribution >= 4 is 11.8 Å². The smallest absolute Gasteiger partial charge is 0.0191 e. The maximum atomic E-state index is 6.05. The number of hydrogen-bond donors (Lipinski definition) is 1. The zero-order valence-electron chi connectivity index (χ0n) is 11.4. The Morgan fingerprint density at radius 3 is 2.67 bits per heavy atom. The Kier molecular flexibility index (Phi) is 4.71. The van der Waals surface area contributed by atoms with Gasteiger partial charge < -0.3 is 10.6 Å². The zero-order valence-corrected chi connectivity index (χ0v) is 12.2. The van der Waals surface area contributed by atoms with E-state index in [9.17, 15) is 0 Å². The molecule has 18 heavy (non-hydrogen) atoms. The molecule has 1 aromatic carbocycles. The summed E-state index contributed by atoms with van der Waals surface area (Å²) in [5, 5.41) is 0. The van der Waals surface area contributed by atoms with Gasteiger partial charge in [-0.2, -0.15) is 11.8 Å². The third-order valence-electron chi connectivity index (χ3n) is 4.05. The van der Waals surface area contributed by atoms with Gasteiger partial charge in [-0.1, -0.05) is 37.3 Å². The molecule has 0 aliphatic carbocycles. The maximum Gasteiger partial charge on any atom is 0.0191 e. The molecule has 2 N–H and O–H groups in total. The van der Waals surface area contributed by atoms with E-state index < -0.39 is 0 Å². The lowest BCUT2D eigenvalue weighted by Gasteiger charge is -2.36. The maximum absolute atomic E-state index is 6.05. The van der Waals surface area contributed by atoms with E-state index in [1.807, 2.05) is 0 Å². The van der Waals surface area contributed by atoms with Crippen LogP contribution in [-0.4, -0.2) is 42.6 Å². The van der Waals surface area contributed by atoms with Crippen LogP contribution in [0.2, 0.25) is 0 Å². The number of thioether (sulfide) groups is 1. The fraction of sp³-hybridized carbons (Fsp3) is 0.600. The summed E-state index contributed by atoms with van der Waals surface area (Å²) in [5.74, 6) is 2.58. The summed E-state index contributed by atoms with van der Waals surface area (Å²) >= 11 is 2.07. The molecular weight excluding hydrogens is 240 g/mol. The predicted molar refractivity (Wildman–Crippen MR) is 81.2 cm³/mol. The standard InChI is InChI=1S/C15H24N2S/c1-15(11-16,13-6-4-3-5-7-13)12-17(2)14-8-9-18-10-14/h3-7,14H,8-12,16H2,1-2H3. The molecule has 1 aromatic rings. The molecule has 1 heterocycles. The normalized spacial score (nSPS) is 23.2. The summed E-state index contributed by atoms with van der Waals surface area (Å²) < 4.78 is 0. The van der Waals surface area contributed by atoms with Gasteiger partial charge >= 0.3 is 0 Å². The average molecular weight is 264 g/mol. The minimum absolute atomic E-state index is 0.0588. The Hall–Kier alpha value is -0.510. The van der Waals surface area contributed by atoms with Crippen molar-refractivity contribution in [3.05, 3.63) is 35.9 Å². The van der Waals surface area contributed by atoms with E-state index in [0.717, 1.165) is 12.6 Å². The Morgan fingerprint density at radius 1 is 1.39 bits per heavy atom. The Balaban J connectivity index is 2.08. The van der Waals surface area contributed by atoms with E-state index in [0.29, 0.717) is 6.54 Å². The molecule has 1 fully saturated rings. The lowest BCUT2D eigenvalue weighted by atomic mass is 9.82. The largest absolute Gasteiger partial charge is 0.330 e. The second-order valence-electron chi connectivity index (χ2n) is 5.56. The summed E-state index contributed by atoms with van der Waals surface area (Å²) in [6.45, 7) is 4.01. The predicted octanol–water partition coefficient (Wildman–Crippen LogP) is 2.34. The molecule has 0 aromatic heterocycles. The quantitative estimate of drug-likeness (QED) is 0.885. The van der Waals surface area contributed by atoms with Crippen LogP contribution in [0.25, 0.3) is 0 Å². The molecule has 2 nitrogen and oxygen atoms in total. The van der Waals surface area contributed by atoms with Crippen molar-refractivity contribution in [2.75, 3.05) is 31.6 Å². The molecule has 2 rings (SSSR count). The van der Waals surface area contributed by atoms with Gasteiger partial charge in [0.1, 0.15) is 0 Å². The summed E-state index contributed by atoms with van der Waals surface area (Å²) in [4.78, 5) is 2.50. The van der Waals surface area contributed by atoms with E-state index in [1.54, 1.807) is 0 Å². The van der Waals surface area contributed by atoms with Gasteiger partial charge in [0.15, 0.2) is 0 Å². The molecule has 0 spiro atoms. The van der Waals surface area contributed by atoms with Crippen LogP contribution >= 0.6 is 11.8 Å². The molecule has 2 unspecified atom stereocenters. The van der Waals surface area contributed by atoms with Crippen molar-refractivity contribution < 1.29 is 0 Å². The molecule has 2 atom stereocenters. The van der Waals surface area contributed by atoms with E-state index in [1.165, 1.54) is 23.5 Å². The monoisotopic (exact) mass is 264 g/mol. The second-order valence-corrected chi connectivity index (χ2v) is 6.71. The lowest BCUT2D eigenvalue weighted by Crippen LogP contribution is -2.46. The van der Waals surface area contributed by atoms with Crippen LogP contribution in [0.1, 0.15) is 18.9 Å². The van der Waals surface area contributed by atoms with Gasteiger partial charge in [0.2, 0.25) is 0 Å². The molecule has 0 bridgehead atoms. The van der Waals surface area contributed by atoms with Crippen LogP contribution in [0.15, 0.2) is 30.3 Å². The van der Waals surface area contributed by atoms with Crippen LogP contribution < -0.4 is 5.73 Å². The Labute approximate surface area is 115 Å². The van der Waals surface area contributed by atoms with Gasteiger partial charge in [0, 0.05) is 30.3 Å². The SMILES string of the molecule is CN(CC(C)(CN)c1ccccc1)C1CCSC1. The summed E-state index contributed by atoms with van der Waals surface area (Å²) in [6.07, 6.45) is 1.32. The first-order valence-corrected chi connectivity index (χ1v) is 7.85. The van der Waals surface area contributed by atoms with Crippen molar-refractivity contribution in [2.45, 2.75) is 24.8 Å². The van der Waals surface area contributed by atoms with Gasteiger partial charge in [-0.15, -0.1) is 0 Å². The van der Waals surface area contributed by atoms with E-state index >= 15 is 0 Å². The zero-order chi connectivity index (χ0) is 13.0. The topological polar surface area (TPSA) is 29.3 Å². The number of hydrogen-bond acceptors (Lipinski definition) is 3. The molecule has 0 amide bonds. The van der Waals surface area contributed by atoms with E-state index in [4.69, 9.17) is 5.73 Å². The number of likely N-dealkylation sites (N-methyl/N-ethyl adjacent to an activating group) is 1. The number of rotatable bonds is 5. The van der Waals surface area contributed by atoms with Crippen LogP contribution in [0.3, 0.4) is 0 Å². The van der Waals surface area contributed by atoms with Gasteiger partial charge in [-0.3, -0.25) is 0 Å². The highest BCUT2D eigenvalue weighted by molar-refractivity contribution is 7.99. The first-order chi connectivity index (χ1) is 8.65. The third-order valence-corrected chi connectivity index (χ3v) is 5.19. The molecule has 1 aliphatic rings. The molecular formula is C15H24N2S. The highest BCUT2D eigenvalue weighted by atomic mass is 32.2. The highest BCUT2D eigenvalue weighted by Crippen LogP contribution is 2.27. The first-order valence-electron chi connectivity index (χ1n) is 6.69. The van der Waals surface area contributed by atoms with Crippen molar-refractivity contribution in [2.24, 2.45) is 5.73 Å². The van der Waals surface area contributed by atoms with Crippen molar-refractivity contribution in [3.63, 3.8) is 0 Å². The molecule has 1 saturated heterocycles. The van der Waals surface area contributed by atoms with Gasteiger partial charge in [0.05, 0.1) is 0 Å². The number of nitrogens with two attached hydrogens (primary N) is 1. The fourth-order valence-corrected chi connectivity index (χ4v) is 3.96. The van der Waals surface area contributed by atoms with Crippen LogP contribution in [-0.2, 0) is 5.41 Å². The number of benzene rings is 1.